The van der Waals surface area contributed by atoms with E-state index in [4.69, 9.17) is 0 Å². The quantitative estimate of drug-likeness (QED) is 0.854. The maximum absolute atomic E-state index is 12.0. The van der Waals surface area contributed by atoms with Gasteiger partial charge in [-0.15, -0.1) is 0 Å². The molecule has 1 aromatic carbocycles. The molecule has 1 aliphatic heterocycles. The van der Waals surface area contributed by atoms with Crippen LogP contribution in [-0.2, 0) is 11.3 Å². The molecule has 1 saturated heterocycles. The van der Waals surface area contributed by atoms with Gasteiger partial charge in [0.15, 0.2) is 0 Å². The van der Waals surface area contributed by atoms with Crippen molar-refractivity contribution in [1.29, 1.82) is 0 Å². The second kappa shape index (κ2) is 7.92. The van der Waals surface area contributed by atoms with Crippen molar-refractivity contribution < 1.29 is 4.79 Å². The highest BCUT2D eigenvalue weighted by Crippen LogP contribution is 2.14. The Hall–Kier alpha value is -2.14. The molecule has 0 unspecified atom stereocenters. The van der Waals surface area contributed by atoms with Crippen LogP contribution in [0.3, 0.4) is 0 Å². The largest absolute Gasteiger partial charge is 0.352 e. The molecular weight excluding hydrogens is 288 g/mol. The van der Waals surface area contributed by atoms with Gasteiger partial charge in [0, 0.05) is 25.4 Å². The van der Waals surface area contributed by atoms with Gasteiger partial charge in [-0.25, -0.2) is 4.98 Å². The fourth-order valence-corrected chi connectivity index (χ4v) is 3.07. The normalized spacial score (nSPS) is 15.0. The number of likely N-dealkylation sites (tertiary alicyclic amines) is 1. The lowest BCUT2D eigenvalue weighted by atomic mass is 10.1. The summed E-state index contributed by atoms with van der Waals surface area (Å²) in [6.07, 6.45) is 9.59. The number of imidazole rings is 1. The van der Waals surface area contributed by atoms with Gasteiger partial charge in [0.05, 0.1) is 12.0 Å². The van der Waals surface area contributed by atoms with E-state index in [1.165, 1.54) is 25.9 Å². The third-order valence-corrected chi connectivity index (χ3v) is 4.33. The van der Waals surface area contributed by atoms with Crippen LogP contribution in [0.1, 0.15) is 31.2 Å². The zero-order valence-electron chi connectivity index (χ0n) is 13.4. The summed E-state index contributed by atoms with van der Waals surface area (Å²) in [7, 11) is 0. The highest BCUT2D eigenvalue weighted by atomic mass is 16.1. The number of carbonyl (C=O) groups is 1. The summed E-state index contributed by atoms with van der Waals surface area (Å²) in [5.74, 6) is 0.129. The fraction of sp³-hybridized carbons (Fsp3) is 0.444. The Bertz CT molecular complexity index is 618. The third-order valence-electron chi connectivity index (χ3n) is 4.33. The summed E-state index contributed by atoms with van der Waals surface area (Å²) >= 11 is 0. The van der Waals surface area contributed by atoms with Gasteiger partial charge in [0.1, 0.15) is 0 Å². The second-order valence-corrected chi connectivity index (χ2v) is 6.03. The number of carbonyl (C=O) groups excluding carboxylic acids is 1. The van der Waals surface area contributed by atoms with Gasteiger partial charge >= 0.3 is 0 Å². The lowest BCUT2D eigenvalue weighted by molar-refractivity contribution is -0.121. The van der Waals surface area contributed by atoms with E-state index in [2.05, 4.69) is 15.2 Å². The molecule has 1 aliphatic rings. The van der Waals surface area contributed by atoms with Crippen LogP contribution in [0.15, 0.2) is 43.0 Å². The monoisotopic (exact) mass is 312 g/mol. The van der Waals surface area contributed by atoms with Crippen molar-refractivity contribution in [2.24, 2.45) is 0 Å². The molecule has 2 heterocycles. The van der Waals surface area contributed by atoms with Gasteiger partial charge in [-0.1, -0.05) is 18.2 Å². The predicted octanol–water partition coefficient (Wildman–Crippen LogP) is 2.36. The molecule has 0 saturated carbocycles. The van der Waals surface area contributed by atoms with Crippen molar-refractivity contribution in [1.82, 2.24) is 19.8 Å². The molecule has 5 nitrogen and oxygen atoms in total. The zero-order chi connectivity index (χ0) is 15.9. The first-order valence-electron chi connectivity index (χ1n) is 8.38. The van der Waals surface area contributed by atoms with E-state index >= 15 is 0 Å². The molecule has 0 radical (unpaired) electrons. The first-order valence-corrected chi connectivity index (χ1v) is 8.38. The highest BCUT2D eigenvalue weighted by Gasteiger charge is 2.11. The van der Waals surface area contributed by atoms with E-state index in [9.17, 15) is 4.79 Å². The zero-order valence-corrected chi connectivity index (χ0v) is 13.4. The van der Waals surface area contributed by atoms with Crippen molar-refractivity contribution >= 4 is 5.91 Å². The number of amides is 1. The molecule has 1 amide bonds. The summed E-state index contributed by atoms with van der Waals surface area (Å²) in [5.41, 5.74) is 2.15. The number of aromatic nitrogens is 2. The smallest absolute Gasteiger partial charge is 0.220 e. The highest BCUT2D eigenvalue weighted by molar-refractivity contribution is 5.75. The average Bonchev–Trinajstić information content (AvgIpc) is 3.27. The van der Waals surface area contributed by atoms with Gasteiger partial charge in [0.2, 0.25) is 5.91 Å². The first-order chi connectivity index (χ1) is 11.3. The average molecular weight is 312 g/mol. The Morgan fingerprint density at radius 1 is 1.22 bits per heavy atom. The van der Waals surface area contributed by atoms with Crippen molar-refractivity contribution in [3.8, 4) is 5.69 Å². The standard InChI is InChI=1S/C18H24N4O/c23-18(8-5-12-21-10-3-4-11-21)20-14-16-6-1-2-7-17(16)22-13-9-19-15-22/h1-2,6-7,9,13,15H,3-5,8,10-12,14H2,(H,20,23). The van der Waals surface area contributed by atoms with Crippen molar-refractivity contribution in [2.45, 2.75) is 32.2 Å². The molecule has 5 heteroatoms. The van der Waals surface area contributed by atoms with Crippen LogP contribution in [0.2, 0.25) is 0 Å². The molecule has 1 N–H and O–H groups in total. The van der Waals surface area contributed by atoms with Crippen LogP contribution in [0.4, 0.5) is 0 Å². The second-order valence-electron chi connectivity index (χ2n) is 6.03. The summed E-state index contributed by atoms with van der Waals surface area (Å²) < 4.78 is 1.97. The lowest BCUT2D eigenvalue weighted by Gasteiger charge is -2.14. The molecule has 0 aliphatic carbocycles. The van der Waals surface area contributed by atoms with Crippen molar-refractivity contribution in [3.05, 3.63) is 48.5 Å². The summed E-state index contributed by atoms with van der Waals surface area (Å²) in [4.78, 5) is 18.6. The molecule has 0 atom stereocenters. The van der Waals surface area contributed by atoms with Gasteiger partial charge in [-0.3, -0.25) is 4.79 Å². The molecule has 1 fully saturated rings. The van der Waals surface area contributed by atoms with E-state index in [0.717, 1.165) is 24.2 Å². The molecule has 23 heavy (non-hydrogen) atoms. The number of hydrogen-bond acceptors (Lipinski definition) is 3. The number of benzene rings is 1. The Balaban J connectivity index is 1.47. The number of nitrogens with zero attached hydrogens (tertiary/aromatic N) is 3. The minimum absolute atomic E-state index is 0.129. The number of para-hydroxylation sites is 1. The van der Waals surface area contributed by atoms with Gasteiger partial charge < -0.3 is 14.8 Å². The molecule has 2 aromatic rings. The topological polar surface area (TPSA) is 50.2 Å². The fourth-order valence-electron chi connectivity index (χ4n) is 3.07. The van der Waals surface area contributed by atoms with Gasteiger partial charge in [-0.05, 0) is 50.5 Å². The van der Waals surface area contributed by atoms with Crippen LogP contribution >= 0.6 is 0 Å². The minimum atomic E-state index is 0.129. The van der Waals surface area contributed by atoms with Gasteiger partial charge in [-0.2, -0.15) is 0 Å². The minimum Gasteiger partial charge on any atom is -0.352 e. The van der Waals surface area contributed by atoms with Crippen LogP contribution in [0, 0.1) is 0 Å². The predicted molar refractivity (Wildman–Crippen MR) is 90.3 cm³/mol. The van der Waals surface area contributed by atoms with E-state index in [1.54, 1.807) is 12.5 Å². The first kappa shape index (κ1) is 15.7. The van der Waals surface area contributed by atoms with E-state index in [1.807, 2.05) is 35.0 Å². The Morgan fingerprint density at radius 3 is 2.83 bits per heavy atom. The molecule has 3 rings (SSSR count). The summed E-state index contributed by atoms with van der Waals surface area (Å²) in [6, 6.07) is 8.07. The van der Waals surface area contributed by atoms with Gasteiger partial charge in [0.25, 0.3) is 0 Å². The number of nitrogens with one attached hydrogen (secondary N) is 1. The SMILES string of the molecule is O=C(CCCN1CCCC1)NCc1ccccc1-n1ccnc1. The van der Waals surface area contributed by atoms with E-state index < -0.39 is 0 Å². The van der Waals surface area contributed by atoms with Crippen molar-refractivity contribution in [3.63, 3.8) is 0 Å². The molecule has 122 valence electrons. The van der Waals surface area contributed by atoms with E-state index in [0.29, 0.717) is 13.0 Å². The molecule has 0 spiro atoms. The van der Waals surface area contributed by atoms with Crippen LogP contribution < -0.4 is 5.32 Å². The van der Waals surface area contributed by atoms with E-state index in [-0.39, 0.29) is 5.91 Å². The maximum Gasteiger partial charge on any atom is 0.220 e. The van der Waals surface area contributed by atoms with Crippen LogP contribution in [0.5, 0.6) is 0 Å². The van der Waals surface area contributed by atoms with Crippen molar-refractivity contribution in [2.75, 3.05) is 19.6 Å². The summed E-state index contributed by atoms with van der Waals surface area (Å²) in [5, 5.41) is 3.04. The van der Waals surface area contributed by atoms with Crippen LogP contribution in [0.25, 0.3) is 5.69 Å². The maximum atomic E-state index is 12.0. The molecule has 1 aromatic heterocycles. The Labute approximate surface area is 137 Å². The number of hydrogen-bond donors (Lipinski definition) is 1. The summed E-state index contributed by atoms with van der Waals surface area (Å²) in [6.45, 7) is 3.98. The number of rotatable bonds is 7. The lowest BCUT2D eigenvalue weighted by Crippen LogP contribution is -2.26. The molecular formula is C18H24N4O. The third kappa shape index (κ3) is 4.42. The Kier molecular flexibility index (Phi) is 5.42. The molecule has 0 bridgehead atoms. The van der Waals surface area contributed by atoms with Crippen LogP contribution in [-0.4, -0.2) is 40.0 Å². The Morgan fingerprint density at radius 2 is 2.04 bits per heavy atom.